The molecule has 100 valence electrons. The van der Waals surface area contributed by atoms with Crippen molar-refractivity contribution in [1.29, 1.82) is 0 Å². The number of rotatable bonds is 5. The van der Waals surface area contributed by atoms with Crippen molar-refractivity contribution in [3.63, 3.8) is 0 Å². The maximum atomic E-state index is 5.93. The molecule has 0 aliphatic carbocycles. The Bertz CT molecular complexity index is 526. The van der Waals surface area contributed by atoms with Gasteiger partial charge in [0.05, 0.1) is 14.2 Å². The molecular formula is C16H19NO2. The largest absolute Gasteiger partial charge is 0.493 e. The van der Waals surface area contributed by atoms with Crippen LogP contribution >= 0.6 is 0 Å². The fourth-order valence-corrected chi connectivity index (χ4v) is 2.22. The van der Waals surface area contributed by atoms with Gasteiger partial charge in [-0.25, -0.2) is 0 Å². The van der Waals surface area contributed by atoms with Crippen LogP contribution in [-0.4, -0.2) is 20.8 Å². The van der Waals surface area contributed by atoms with E-state index in [1.165, 1.54) is 5.56 Å². The SMILES string of the molecule is COc1ccc([C@@H](CN)c2ccccc2)cc1OC. The summed E-state index contributed by atoms with van der Waals surface area (Å²) >= 11 is 0. The van der Waals surface area contributed by atoms with Crippen LogP contribution in [0, 0.1) is 0 Å². The van der Waals surface area contributed by atoms with Gasteiger partial charge in [-0.1, -0.05) is 36.4 Å². The topological polar surface area (TPSA) is 44.5 Å². The van der Waals surface area contributed by atoms with E-state index in [9.17, 15) is 0 Å². The minimum atomic E-state index is 0.168. The summed E-state index contributed by atoms with van der Waals surface area (Å²) < 4.78 is 10.6. The predicted molar refractivity (Wildman–Crippen MR) is 76.9 cm³/mol. The van der Waals surface area contributed by atoms with Gasteiger partial charge in [0.1, 0.15) is 0 Å². The van der Waals surface area contributed by atoms with Crippen molar-refractivity contribution >= 4 is 0 Å². The summed E-state index contributed by atoms with van der Waals surface area (Å²) in [6, 6.07) is 16.2. The molecule has 0 fully saturated rings. The Kier molecular flexibility index (Phi) is 4.42. The van der Waals surface area contributed by atoms with E-state index in [-0.39, 0.29) is 5.92 Å². The van der Waals surface area contributed by atoms with Crippen LogP contribution < -0.4 is 15.2 Å². The minimum Gasteiger partial charge on any atom is -0.493 e. The third kappa shape index (κ3) is 2.88. The molecule has 1 atom stereocenters. The molecule has 2 rings (SSSR count). The Morgan fingerprint density at radius 1 is 0.895 bits per heavy atom. The van der Waals surface area contributed by atoms with Gasteiger partial charge in [-0.2, -0.15) is 0 Å². The molecule has 0 unspecified atom stereocenters. The average Bonchev–Trinajstić information content (AvgIpc) is 2.49. The molecule has 19 heavy (non-hydrogen) atoms. The van der Waals surface area contributed by atoms with E-state index >= 15 is 0 Å². The first-order valence-electron chi connectivity index (χ1n) is 6.27. The van der Waals surface area contributed by atoms with Crippen LogP contribution in [0.25, 0.3) is 0 Å². The second kappa shape index (κ2) is 6.25. The molecule has 2 N–H and O–H groups in total. The van der Waals surface area contributed by atoms with Crippen LogP contribution in [0.4, 0.5) is 0 Å². The molecule has 0 saturated heterocycles. The molecule has 3 nitrogen and oxygen atoms in total. The first-order valence-corrected chi connectivity index (χ1v) is 6.27. The molecule has 0 bridgehead atoms. The van der Waals surface area contributed by atoms with E-state index in [1.807, 2.05) is 36.4 Å². The number of methoxy groups -OCH3 is 2. The number of ether oxygens (including phenoxy) is 2. The van der Waals surface area contributed by atoms with Crippen molar-refractivity contribution in [2.24, 2.45) is 5.73 Å². The Morgan fingerprint density at radius 3 is 2.16 bits per heavy atom. The minimum absolute atomic E-state index is 0.168. The number of hydrogen-bond acceptors (Lipinski definition) is 3. The van der Waals surface area contributed by atoms with Crippen molar-refractivity contribution < 1.29 is 9.47 Å². The third-order valence-corrected chi connectivity index (χ3v) is 3.25. The van der Waals surface area contributed by atoms with Crippen LogP contribution in [0.15, 0.2) is 48.5 Å². The highest BCUT2D eigenvalue weighted by Crippen LogP contribution is 2.32. The maximum Gasteiger partial charge on any atom is 0.161 e. The van der Waals surface area contributed by atoms with Gasteiger partial charge in [-0.3, -0.25) is 0 Å². The molecule has 3 heteroatoms. The fraction of sp³-hybridized carbons (Fsp3) is 0.250. The monoisotopic (exact) mass is 257 g/mol. The summed E-state index contributed by atoms with van der Waals surface area (Å²) in [6.45, 7) is 0.555. The summed E-state index contributed by atoms with van der Waals surface area (Å²) in [5.41, 5.74) is 8.26. The highest BCUT2D eigenvalue weighted by molar-refractivity contribution is 5.46. The third-order valence-electron chi connectivity index (χ3n) is 3.25. The lowest BCUT2D eigenvalue weighted by atomic mass is 9.91. The van der Waals surface area contributed by atoms with Crippen molar-refractivity contribution in [3.8, 4) is 11.5 Å². The molecule has 0 aromatic heterocycles. The van der Waals surface area contributed by atoms with Crippen molar-refractivity contribution in [1.82, 2.24) is 0 Å². The maximum absolute atomic E-state index is 5.93. The number of hydrogen-bond donors (Lipinski definition) is 1. The lowest BCUT2D eigenvalue weighted by molar-refractivity contribution is 0.354. The molecule has 0 radical (unpaired) electrons. The number of nitrogens with two attached hydrogens (primary N) is 1. The van der Waals surface area contributed by atoms with E-state index in [1.54, 1.807) is 14.2 Å². The zero-order valence-corrected chi connectivity index (χ0v) is 11.3. The Morgan fingerprint density at radius 2 is 1.58 bits per heavy atom. The van der Waals surface area contributed by atoms with Gasteiger partial charge in [0.25, 0.3) is 0 Å². The zero-order chi connectivity index (χ0) is 13.7. The summed E-state index contributed by atoms with van der Waals surface area (Å²) in [4.78, 5) is 0. The van der Waals surface area contributed by atoms with Crippen LogP contribution in [0.3, 0.4) is 0 Å². The molecule has 0 spiro atoms. The van der Waals surface area contributed by atoms with Crippen LogP contribution in [0.1, 0.15) is 17.0 Å². The molecular weight excluding hydrogens is 238 g/mol. The Labute approximate surface area is 114 Å². The van der Waals surface area contributed by atoms with Crippen molar-refractivity contribution in [2.45, 2.75) is 5.92 Å². The highest BCUT2D eigenvalue weighted by Gasteiger charge is 2.14. The predicted octanol–water partition coefficient (Wildman–Crippen LogP) is 2.79. The quantitative estimate of drug-likeness (QED) is 0.895. The standard InChI is InChI=1S/C16H19NO2/c1-18-15-9-8-13(10-16(15)19-2)14(11-17)12-6-4-3-5-7-12/h3-10,14H,11,17H2,1-2H3/t14-/m0/s1. The van der Waals surface area contributed by atoms with E-state index in [0.717, 1.165) is 17.1 Å². The zero-order valence-electron chi connectivity index (χ0n) is 11.3. The van der Waals surface area contributed by atoms with Gasteiger partial charge in [-0.15, -0.1) is 0 Å². The smallest absolute Gasteiger partial charge is 0.161 e. The van der Waals surface area contributed by atoms with Gasteiger partial charge in [0, 0.05) is 12.5 Å². The fourth-order valence-electron chi connectivity index (χ4n) is 2.22. The molecule has 0 saturated carbocycles. The number of benzene rings is 2. The Hall–Kier alpha value is -2.00. The summed E-state index contributed by atoms with van der Waals surface area (Å²) in [5, 5.41) is 0. The van der Waals surface area contributed by atoms with E-state index in [4.69, 9.17) is 15.2 Å². The van der Waals surface area contributed by atoms with Crippen LogP contribution in [-0.2, 0) is 0 Å². The lowest BCUT2D eigenvalue weighted by Crippen LogP contribution is -2.13. The molecule has 2 aromatic carbocycles. The summed E-state index contributed by atoms with van der Waals surface area (Å²) in [5.74, 6) is 1.63. The summed E-state index contributed by atoms with van der Waals surface area (Å²) in [7, 11) is 3.27. The second-order valence-electron chi connectivity index (χ2n) is 4.31. The van der Waals surface area contributed by atoms with Gasteiger partial charge < -0.3 is 15.2 Å². The molecule has 2 aromatic rings. The van der Waals surface area contributed by atoms with E-state index in [0.29, 0.717) is 6.54 Å². The summed E-state index contributed by atoms with van der Waals surface area (Å²) in [6.07, 6.45) is 0. The average molecular weight is 257 g/mol. The molecule has 0 amide bonds. The van der Waals surface area contributed by atoms with Crippen molar-refractivity contribution in [3.05, 3.63) is 59.7 Å². The van der Waals surface area contributed by atoms with Gasteiger partial charge in [-0.05, 0) is 23.3 Å². The second-order valence-corrected chi connectivity index (χ2v) is 4.31. The van der Waals surface area contributed by atoms with Crippen molar-refractivity contribution in [2.75, 3.05) is 20.8 Å². The van der Waals surface area contributed by atoms with Gasteiger partial charge in [0.2, 0.25) is 0 Å². The Balaban J connectivity index is 2.39. The molecule has 0 heterocycles. The molecule has 0 aliphatic rings. The van der Waals surface area contributed by atoms with Gasteiger partial charge >= 0.3 is 0 Å². The van der Waals surface area contributed by atoms with Crippen LogP contribution in [0.2, 0.25) is 0 Å². The normalized spacial score (nSPS) is 11.9. The first-order chi connectivity index (χ1) is 9.30. The molecule has 0 aliphatic heterocycles. The van der Waals surface area contributed by atoms with Crippen LogP contribution in [0.5, 0.6) is 11.5 Å². The van der Waals surface area contributed by atoms with E-state index < -0.39 is 0 Å². The van der Waals surface area contributed by atoms with Gasteiger partial charge in [0.15, 0.2) is 11.5 Å². The highest BCUT2D eigenvalue weighted by atomic mass is 16.5. The lowest BCUT2D eigenvalue weighted by Gasteiger charge is -2.17. The first kappa shape index (κ1) is 13.4. The van der Waals surface area contributed by atoms with E-state index in [2.05, 4.69) is 12.1 Å².